The quantitative estimate of drug-likeness (QED) is 0.563. The van der Waals surface area contributed by atoms with Crippen LogP contribution in [0.5, 0.6) is 0 Å². The Morgan fingerprint density at radius 2 is 1.59 bits per heavy atom. The van der Waals surface area contributed by atoms with Crippen molar-refractivity contribution >= 4 is 22.7 Å². The van der Waals surface area contributed by atoms with E-state index in [9.17, 15) is 0 Å². The second-order valence-corrected chi connectivity index (χ2v) is 7.48. The number of nitrogens with one attached hydrogen (secondary N) is 1. The van der Waals surface area contributed by atoms with Crippen LogP contribution in [0, 0.1) is 0 Å². The average Bonchev–Trinajstić information content (AvgIpc) is 3.16. The highest BCUT2D eigenvalue weighted by atomic mass is 15.3. The van der Waals surface area contributed by atoms with Crippen LogP contribution in [-0.2, 0) is 6.54 Å². The van der Waals surface area contributed by atoms with Crippen LogP contribution < -0.4 is 10.6 Å². The van der Waals surface area contributed by atoms with Crippen LogP contribution in [0.1, 0.15) is 5.56 Å². The van der Waals surface area contributed by atoms with Gasteiger partial charge in [-0.05, 0) is 17.2 Å². The Labute approximate surface area is 170 Å². The maximum absolute atomic E-state index is 6.16. The summed E-state index contributed by atoms with van der Waals surface area (Å²) in [6.07, 6.45) is 0. The second kappa shape index (κ2) is 7.56. The van der Waals surface area contributed by atoms with Gasteiger partial charge >= 0.3 is 0 Å². The molecule has 0 bridgehead atoms. The number of aromatic nitrogens is 3. The van der Waals surface area contributed by atoms with Gasteiger partial charge in [0, 0.05) is 38.3 Å². The SMILES string of the molecule is Nc1[nH]nc2nc(N3CCN(Cc4ccccc4)CC3)cc(-c3ccccc3)c12. The van der Waals surface area contributed by atoms with Gasteiger partial charge in [0.05, 0.1) is 5.39 Å². The van der Waals surface area contributed by atoms with E-state index in [-0.39, 0.29) is 0 Å². The Kier molecular flexibility index (Phi) is 4.62. The maximum Gasteiger partial charge on any atom is 0.185 e. The van der Waals surface area contributed by atoms with Gasteiger partial charge in [-0.15, -0.1) is 0 Å². The van der Waals surface area contributed by atoms with Crippen molar-refractivity contribution in [3.63, 3.8) is 0 Å². The summed E-state index contributed by atoms with van der Waals surface area (Å²) in [5.74, 6) is 1.52. The Morgan fingerprint density at radius 3 is 2.31 bits per heavy atom. The summed E-state index contributed by atoms with van der Waals surface area (Å²) >= 11 is 0. The Bertz CT molecular complexity index is 1100. The van der Waals surface area contributed by atoms with Gasteiger partial charge in [-0.25, -0.2) is 4.98 Å². The van der Waals surface area contributed by atoms with Crippen LogP contribution >= 0.6 is 0 Å². The normalized spacial score (nSPS) is 15.1. The Hall–Kier alpha value is -3.38. The standard InChI is InChI=1S/C23H24N6/c24-22-21-19(18-9-5-2-6-10-18)15-20(25-23(21)27-26-22)29-13-11-28(12-14-29)16-17-7-3-1-4-8-17/h1-10,15H,11-14,16H2,(H3,24,25,26,27). The number of H-pyrrole nitrogens is 1. The zero-order valence-electron chi connectivity index (χ0n) is 16.3. The van der Waals surface area contributed by atoms with E-state index in [1.807, 2.05) is 18.2 Å². The molecular weight excluding hydrogens is 360 g/mol. The first kappa shape index (κ1) is 17.7. The molecule has 2 aromatic carbocycles. The van der Waals surface area contributed by atoms with E-state index in [0.717, 1.165) is 55.1 Å². The number of hydrogen-bond acceptors (Lipinski definition) is 5. The van der Waals surface area contributed by atoms with Gasteiger partial charge in [0.2, 0.25) is 0 Å². The van der Waals surface area contributed by atoms with Crippen molar-refractivity contribution in [2.75, 3.05) is 36.8 Å². The lowest BCUT2D eigenvalue weighted by molar-refractivity contribution is 0.249. The number of hydrogen-bond donors (Lipinski definition) is 2. The molecule has 1 fully saturated rings. The fourth-order valence-electron chi connectivity index (χ4n) is 4.02. The molecule has 0 atom stereocenters. The van der Waals surface area contributed by atoms with Crippen molar-refractivity contribution in [3.8, 4) is 11.1 Å². The molecule has 0 amide bonds. The van der Waals surface area contributed by atoms with E-state index in [1.54, 1.807) is 0 Å². The largest absolute Gasteiger partial charge is 0.383 e. The first-order chi connectivity index (χ1) is 14.3. The van der Waals surface area contributed by atoms with Crippen LogP contribution in [-0.4, -0.2) is 46.3 Å². The van der Waals surface area contributed by atoms with Crippen molar-refractivity contribution in [3.05, 3.63) is 72.3 Å². The molecule has 29 heavy (non-hydrogen) atoms. The molecule has 1 aliphatic heterocycles. The molecule has 0 aliphatic carbocycles. The first-order valence-corrected chi connectivity index (χ1v) is 9.99. The Balaban J connectivity index is 1.40. The van der Waals surface area contributed by atoms with E-state index < -0.39 is 0 Å². The third-order valence-electron chi connectivity index (χ3n) is 5.57. The lowest BCUT2D eigenvalue weighted by Gasteiger charge is -2.35. The monoisotopic (exact) mass is 384 g/mol. The van der Waals surface area contributed by atoms with Gasteiger partial charge < -0.3 is 10.6 Å². The molecule has 1 saturated heterocycles. The zero-order valence-corrected chi connectivity index (χ0v) is 16.3. The summed E-state index contributed by atoms with van der Waals surface area (Å²) in [6.45, 7) is 4.90. The molecule has 5 rings (SSSR count). The number of pyridine rings is 1. The van der Waals surface area contributed by atoms with E-state index in [2.05, 4.69) is 68.5 Å². The maximum atomic E-state index is 6.16. The molecule has 0 radical (unpaired) electrons. The van der Waals surface area contributed by atoms with Crippen molar-refractivity contribution < 1.29 is 0 Å². The third-order valence-corrected chi connectivity index (χ3v) is 5.57. The minimum atomic E-state index is 0.561. The minimum Gasteiger partial charge on any atom is -0.383 e. The summed E-state index contributed by atoms with van der Waals surface area (Å²) in [4.78, 5) is 9.64. The number of anilines is 2. The lowest BCUT2D eigenvalue weighted by Crippen LogP contribution is -2.46. The van der Waals surface area contributed by atoms with Crippen molar-refractivity contribution in [1.82, 2.24) is 20.1 Å². The highest BCUT2D eigenvalue weighted by Crippen LogP contribution is 2.33. The lowest BCUT2D eigenvalue weighted by atomic mass is 10.0. The molecule has 6 nitrogen and oxygen atoms in total. The van der Waals surface area contributed by atoms with Crippen LogP contribution in [0.25, 0.3) is 22.2 Å². The van der Waals surface area contributed by atoms with Crippen LogP contribution in [0.4, 0.5) is 11.6 Å². The fraction of sp³-hybridized carbons (Fsp3) is 0.217. The number of rotatable bonds is 4. The number of benzene rings is 2. The number of nitrogens with zero attached hydrogens (tertiary/aromatic N) is 4. The number of piperazine rings is 1. The fourth-order valence-corrected chi connectivity index (χ4v) is 4.02. The third kappa shape index (κ3) is 3.54. The predicted molar refractivity (Wildman–Crippen MR) is 118 cm³/mol. The van der Waals surface area contributed by atoms with Gasteiger partial charge in [0.1, 0.15) is 11.6 Å². The molecule has 4 aromatic rings. The number of aromatic amines is 1. The smallest absolute Gasteiger partial charge is 0.185 e. The van der Waals surface area contributed by atoms with Gasteiger partial charge in [-0.1, -0.05) is 60.7 Å². The van der Waals surface area contributed by atoms with Crippen LogP contribution in [0.3, 0.4) is 0 Å². The molecule has 3 heterocycles. The number of nitrogen functional groups attached to an aromatic ring is 1. The van der Waals surface area contributed by atoms with E-state index in [4.69, 9.17) is 10.7 Å². The number of nitrogens with two attached hydrogens (primary N) is 1. The molecule has 1 aliphatic rings. The van der Waals surface area contributed by atoms with Crippen molar-refractivity contribution in [2.24, 2.45) is 0 Å². The minimum absolute atomic E-state index is 0.561. The summed E-state index contributed by atoms with van der Waals surface area (Å²) in [6, 6.07) is 23.1. The predicted octanol–water partition coefficient (Wildman–Crippen LogP) is 3.53. The van der Waals surface area contributed by atoms with E-state index >= 15 is 0 Å². The summed E-state index contributed by atoms with van der Waals surface area (Å²) in [7, 11) is 0. The molecule has 0 unspecified atom stereocenters. The molecule has 146 valence electrons. The number of fused-ring (bicyclic) bond motifs is 1. The van der Waals surface area contributed by atoms with Crippen LogP contribution in [0.2, 0.25) is 0 Å². The topological polar surface area (TPSA) is 74.1 Å². The van der Waals surface area contributed by atoms with Gasteiger partial charge in [-0.2, -0.15) is 5.10 Å². The van der Waals surface area contributed by atoms with Gasteiger partial charge in [0.15, 0.2) is 5.65 Å². The zero-order chi connectivity index (χ0) is 19.6. The van der Waals surface area contributed by atoms with Gasteiger partial charge in [0.25, 0.3) is 0 Å². The molecular formula is C23H24N6. The van der Waals surface area contributed by atoms with E-state index in [1.165, 1.54) is 5.56 Å². The molecule has 3 N–H and O–H groups in total. The summed E-state index contributed by atoms with van der Waals surface area (Å²) in [5, 5.41) is 8.11. The first-order valence-electron chi connectivity index (χ1n) is 9.99. The second-order valence-electron chi connectivity index (χ2n) is 7.48. The Morgan fingerprint density at radius 1 is 0.897 bits per heavy atom. The highest BCUT2D eigenvalue weighted by Gasteiger charge is 2.21. The summed E-state index contributed by atoms with van der Waals surface area (Å²) in [5.41, 5.74) is 10.4. The molecule has 6 heteroatoms. The van der Waals surface area contributed by atoms with Crippen molar-refractivity contribution in [2.45, 2.75) is 6.54 Å². The highest BCUT2D eigenvalue weighted by molar-refractivity contribution is 6.01. The molecule has 0 saturated carbocycles. The van der Waals surface area contributed by atoms with Crippen molar-refractivity contribution in [1.29, 1.82) is 0 Å². The van der Waals surface area contributed by atoms with Gasteiger partial charge in [-0.3, -0.25) is 10.00 Å². The molecule has 2 aromatic heterocycles. The molecule has 0 spiro atoms. The van der Waals surface area contributed by atoms with Crippen LogP contribution in [0.15, 0.2) is 66.7 Å². The summed E-state index contributed by atoms with van der Waals surface area (Å²) < 4.78 is 0. The average molecular weight is 384 g/mol. The van der Waals surface area contributed by atoms with E-state index in [0.29, 0.717) is 11.5 Å².